The van der Waals surface area contributed by atoms with Crippen molar-refractivity contribution in [2.75, 3.05) is 13.7 Å². The van der Waals surface area contributed by atoms with Crippen molar-refractivity contribution in [3.8, 4) is 0 Å². The third kappa shape index (κ3) is 5.28. The molecule has 7 heteroatoms. The Kier molecular flexibility index (Phi) is 6.51. The number of carbonyl (C=O) groups is 3. The van der Waals surface area contributed by atoms with Crippen LogP contribution < -0.4 is 5.32 Å². The molecule has 1 unspecified atom stereocenters. The molecular formula is C14H19NO5S. The summed E-state index contributed by atoms with van der Waals surface area (Å²) in [6.45, 7) is 3.67. The molecule has 0 aliphatic carbocycles. The summed E-state index contributed by atoms with van der Waals surface area (Å²) in [5.41, 5.74) is 0.636. The first-order chi connectivity index (χ1) is 9.85. The number of carboxylic acid groups (broad SMARTS) is 1. The van der Waals surface area contributed by atoms with Crippen molar-refractivity contribution in [2.24, 2.45) is 0 Å². The van der Waals surface area contributed by atoms with Gasteiger partial charge in [-0.3, -0.25) is 9.59 Å². The molecule has 0 saturated heterocycles. The van der Waals surface area contributed by atoms with E-state index in [0.29, 0.717) is 5.56 Å². The zero-order valence-corrected chi connectivity index (χ0v) is 13.1. The van der Waals surface area contributed by atoms with Crippen molar-refractivity contribution in [2.45, 2.75) is 32.7 Å². The molecule has 0 saturated carbocycles. The Hall–Kier alpha value is -1.73. The maximum atomic E-state index is 12.0. The molecule has 1 atom stereocenters. The first-order valence-corrected chi connectivity index (χ1v) is 7.28. The molecule has 2 N–H and O–H groups in total. The smallest absolute Gasteiger partial charge is 0.328 e. The normalized spacial score (nSPS) is 12.0. The van der Waals surface area contributed by atoms with Crippen LogP contribution in [0.4, 0.5) is 0 Å². The second kappa shape index (κ2) is 7.90. The standard InChI is InChI=1S/C14H19NO5S/c1-8-6-10(9(2)21-8)12(16)4-5-13(17)15-11(7-20-3)14(18)19/h6,11H,4-5,7H2,1-3H3,(H,15,17)(H,18,19). The second-order valence-electron chi connectivity index (χ2n) is 4.66. The van der Waals surface area contributed by atoms with Crippen molar-refractivity contribution >= 4 is 29.0 Å². The summed E-state index contributed by atoms with van der Waals surface area (Å²) in [4.78, 5) is 36.5. The molecular weight excluding hydrogens is 294 g/mol. The highest BCUT2D eigenvalue weighted by Gasteiger charge is 2.20. The lowest BCUT2D eigenvalue weighted by molar-refractivity contribution is -0.143. The number of hydrogen-bond donors (Lipinski definition) is 2. The lowest BCUT2D eigenvalue weighted by Crippen LogP contribution is -2.43. The van der Waals surface area contributed by atoms with Crippen LogP contribution in [0.3, 0.4) is 0 Å². The first kappa shape index (κ1) is 17.3. The van der Waals surface area contributed by atoms with E-state index in [1.165, 1.54) is 18.4 Å². The van der Waals surface area contributed by atoms with Gasteiger partial charge >= 0.3 is 5.97 Å². The number of ether oxygens (including phenoxy) is 1. The highest BCUT2D eigenvalue weighted by atomic mass is 32.1. The minimum Gasteiger partial charge on any atom is -0.480 e. The molecule has 0 aliphatic rings. The third-order valence-electron chi connectivity index (χ3n) is 2.89. The van der Waals surface area contributed by atoms with E-state index in [0.717, 1.165) is 9.75 Å². The fraction of sp³-hybridized carbons (Fsp3) is 0.500. The van der Waals surface area contributed by atoms with Crippen molar-refractivity contribution < 1.29 is 24.2 Å². The minimum absolute atomic E-state index is 0.0410. The average molecular weight is 313 g/mol. The molecule has 1 aromatic heterocycles. The monoisotopic (exact) mass is 313 g/mol. The van der Waals surface area contributed by atoms with Crippen LogP contribution in [-0.2, 0) is 14.3 Å². The van der Waals surface area contributed by atoms with Crippen LogP contribution in [0.15, 0.2) is 6.07 Å². The molecule has 1 heterocycles. The van der Waals surface area contributed by atoms with E-state index in [9.17, 15) is 14.4 Å². The van der Waals surface area contributed by atoms with E-state index in [4.69, 9.17) is 9.84 Å². The van der Waals surface area contributed by atoms with Gasteiger partial charge in [-0.25, -0.2) is 4.79 Å². The Morgan fingerprint density at radius 2 is 2.00 bits per heavy atom. The summed E-state index contributed by atoms with van der Waals surface area (Å²) in [5, 5.41) is 11.2. The number of thiophene rings is 1. The minimum atomic E-state index is -1.17. The van der Waals surface area contributed by atoms with Crippen molar-refractivity contribution in [1.29, 1.82) is 0 Å². The number of nitrogens with one attached hydrogen (secondary N) is 1. The number of ketones is 1. The lowest BCUT2D eigenvalue weighted by atomic mass is 10.1. The molecule has 0 fully saturated rings. The van der Waals surface area contributed by atoms with Gasteiger partial charge < -0.3 is 15.2 Å². The molecule has 6 nitrogen and oxygen atoms in total. The SMILES string of the molecule is COCC(NC(=O)CCC(=O)c1cc(C)sc1C)C(=O)O. The van der Waals surface area contributed by atoms with Crippen LogP contribution in [0.25, 0.3) is 0 Å². The van der Waals surface area contributed by atoms with Crippen molar-refractivity contribution in [1.82, 2.24) is 5.32 Å². The third-order valence-corrected chi connectivity index (χ3v) is 3.85. The number of methoxy groups -OCH3 is 1. The maximum Gasteiger partial charge on any atom is 0.328 e. The quantitative estimate of drug-likeness (QED) is 0.710. The van der Waals surface area contributed by atoms with E-state index in [1.807, 2.05) is 19.9 Å². The van der Waals surface area contributed by atoms with Crippen LogP contribution >= 0.6 is 11.3 Å². The van der Waals surface area contributed by atoms with E-state index in [1.54, 1.807) is 0 Å². The van der Waals surface area contributed by atoms with Crippen molar-refractivity contribution in [3.63, 3.8) is 0 Å². The summed E-state index contributed by atoms with van der Waals surface area (Å²) in [5.74, 6) is -1.75. The average Bonchev–Trinajstić information content (AvgIpc) is 2.74. The summed E-state index contributed by atoms with van der Waals surface area (Å²) in [6, 6.07) is 0.716. The predicted molar refractivity (Wildman–Crippen MR) is 78.8 cm³/mol. The number of amides is 1. The molecule has 21 heavy (non-hydrogen) atoms. The number of hydrogen-bond acceptors (Lipinski definition) is 5. The molecule has 1 amide bonds. The zero-order valence-electron chi connectivity index (χ0n) is 12.3. The predicted octanol–water partition coefficient (Wildman–Crippen LogP) is 1.54. The van der Waals surface area contributed by atoms with Crippen LogP contribution in [-0.4, -0.2) is 42.5 Å². The Morgan fingerprint density at radius 1 is 1.33 bits per heavy atom. The second-order valence-corrected chi connectivity index (χ2v) is 6.12. The van der Waals surface area contributed by atoms with Gasteiger partial charge in [0.1, 0.15) is 0 Å². The number of aryl methyl sites for hydroxylation is 2. The van der Waals surface area contributed by atoms with Crippen LogP contribution in [0, 0.1) is 13.8 Å². The van der Waals surface area contributed by atoms with Gasteiger partial charge in [0.15, 0.2) is 11.8 Å². The van der Waals surface area contributed by atoms with Gasteiger partial charge in [-0.2, -0.15) is 0 Å². The Balaban J connectivity index is 2.51. The molecule has 1 aromatic rings. The fourth-order valence-corrected chi connectivity index (χ4v) is 2.82. The molecule has 1 rings (SSSR count). The summed E-state index contributed by atoms with van der Waals surface area (Å²) >= 11 is 1.54. The topological polar surface area (TPSA) is 92.7 Å². The van der Waals surface area contributed by atoms with Gasteiger partial charge in [0, 0.05) is 35.3 Å². The van der Waals surface area contributed by atoms with Gasteiger partial charge in [-0.1, -0.05) is 0 Å². The largest absolute Gasteiger partial charge is 0.480 e. The summed E-state index contributed by atoms with van der Waals surface area (Å²) in [6.07, 6.45) is 0.0167. The van der Waals surface area contributed by atoms with E-state index < -0.39 is 17.9 Å². The molecule has 0 aromatic carbocycles. The van der Waals surface area contributed by atoms with E-state index in [-0.39, 0.29) is 25.2 Å². The van der Waals surface area contributed by atoms with Gasteiger partial charge in [-0.15, -0.1) is 11.3 Å². The van der Waals surface area contributed by atoms with Gasteiger partial charge in [0.2, 0.25) is 5.91 Å². The van der Waals surface area contributed by atoms with Gasteiger partial charge in [-0.05, 0) is 19.9 Å². The Morgan fingerprint density at radius 3 is 2.48 bits per heavy atom. The number of Topliss-reactive ketones (excluding diaryl/α,β-unsaturated/α-hetero) is 1. The summed E-state index contributed by atoms with van der Waals surface area (Å²) in [7, 11) is 1.35. The van der Waals surface area contributed by atoms with E-state index in [2.05, 4.69) is 5.32 Å². The van der Waals surface area contributed by atoms with E-state index >= 15 is 0 Å². The van der Waals surface area contributed by atoms with Gasteiger partial charge in [0.25, 0.3) is 0 Å². The number of carbonyl (C=O) groups excluding carboxylic acids is 2. The van der Waals surface area contributed by atoms with Crippen LogP contribution in [0.2, 0.25) is 0 Å². The molecule has 116 valence electrons. The van der Waals surface area contributed by atoms with Crippen LogP contribution in [0.5, 0.6) is 0 Å². The summed E-state index contributed by atoms with van der Waals surface area (Å²) < 4.78 is 4.72. The number of aliphatic carboxylic acids is 1. The molecule has 0 bridgehead atoms. The Labute approximate surface area is 127 Å². The highest BCUT2D eigenvalue weighted by Crippen LogP contribution is 2.22. The number of carboxylic acids is 1. The zero-order chi connectivity index (χ0) is 16.0. The molecule has 0 spiro atoms. The van der Waals surface area contributed by atoms with Crippen LogP contribution in [0.1, 0.15) is 33.0 Å². The maximum absolute atomic E-state index is 12.0. The fourth-order valence-electron chi connectivity index (χ4n) is 1.88. The highest BCUT2D eigenvalue weighted by molar-refractivity contribution is 7.12. The molecule has 0 aliphatic heterocycles. The lowest BCUT2D eigenvalue weighted by Gasteiger charge is -2.13. The molecule has 0 radical (unpaired) electrons. The van der Waals surface area contributed by atoms with Gasteiger partial charge in [0.05, 0.1) is 6.61 Å². The van der Waals surface area contributed by atoms with Crippen molar-refractivity contribution in [3.05, 3.63) is 21.4 Å². The first-order valence-electron chi connectivity index (χ1n) is 6.46. The number of rotatable bonds is 8. The Bertz CT molecular complexity index is 537.